The lowest BCUT2D eigenvalue weighted by atomic mass is 9.84. The van der Waals surface area contributed by atoms with Crippen molar-refractivity contribution in [3.05, 3.63) is 24.9 Å². The molecule has 80 valence electrons. The Morgan fingerprint density at radius 1 is 1.43 bits per heavy atom. The SMILES string of the molecule is C=CC(NC(=C)CC)C1CCCCC1. The zero-order valence-electron chi connectivity index (χ0n) is 9.39. The lowest BCUT2D eigenvalue weighted by molar-refractivity contribution is 0.310. The van der Waals surface area contributed by atoms with Gasteiger partial charge in [-0.15, -0.1) is 6.58 Å². The molecule has 1 N–H and O–H groups in total. The average molecular weight is 193 g/mol. The van der Waals surface area contributed by atoms with Crippen LogP contribution in [0.5, 0.6) is 0 Å². The Morgan fingerprint density at radius 2 is 2.07 bits per heavy atom. The smallest absolute Gasteiger partial charge is 0.0466 e. The van der Waals surface area contributed by atoms with Gasteiger partial charge in [0.15, 0.2) is 0 Å². The Labute approximate surface area is 88.3 Å². The summed E-state index contributed by atoms with van der Waals surface area (Å²) in [6.07, 6.45) is 9.94. The minimum Gasteiger partial charge on any atom is -0.382 e. The van der Waals surface area contributed by atoms with Crippen LogP contribution in [-0.4, -0.2) is 6.04 Å². The molecule has 1 unspecified atom stereocenters. The molecule has 0 saturated heterocycles. The normalized spacial score (nSPS) is 20.1. The van der Waals surface area contributed by atoms with Gasteiger partial charge in [-0.25, -0.2) is 0 Å². The lowest BCUT2D eigenvalue weighted by Crippen LogP contribution is -2.34. The van der Waals surface area contributed by atoms with Gasteiger partial charge in [0, 0.05) is 11.7 Å². The van der Waals surface area contributed by atoms with Crippen LogP contribution in [0.25, 0.3) is 0 Å². The number of hydrogen-bond donors (Lipinski definition) is 1. The Morgan fingerprint density at radius 3 is 2.57 bits per heavy atom. The van der Waals surface area contributed by atoms with Crippen LogP contribution in [0.3, 0.4) is 0 Å². The second kappa shape index (κ2) is 5.90. The summed E-state index contributed by atoms with van der Waals surface area (Å²) in [5.74, 6) is 0.782. The van der Waals surface area contributed by atoms with E-state index in [2.05, 4.69) is 31.5 Å². The fourth-order valence-electron chi connectivity index (χ4n) is 2.20. The summed E-state index contributed by atoms with van der Waals surface area (Å²) in [4.78, 5) is 0. The molecular weight excluding hydrogens is 170 g/mol. The summed E-state index contributed by atoms with van der Waals surface area (Å²) in [7, 11) is 0. The molecule has 0 aromatic heterocycles. The third kappa shape index (κ3) is 3.21. The molecule has 1 nitrogen and oxygen atoms in total. The number of hydrogen-bond acceptors (Lipinski definition) is 1. The van der Waals surface area contributed by atoms with Crippen molar-refractivity contribution in [1.82, 2.24) is 5.32 Å². The monoisotopic (exact) mass is 193 g/mol. The van der Waals surface area contributed by atoms with Crippen molar-refractivity contribution >= 4 is 0 Å². The molecule has 1 fully saturated rings. The second-order valence-corrected chi connectivity index (χ2v) is 4.26. The zero-order chi connectivity index (χ0) is 10.4. The quantitative estimate of drug-likeness (QED) is 0.657. The van der Waals surface area contributed by atoms with Crippen LogP contribution in [0.2, 0.25) is 0 Å². The van der Waals surface area contributed by atoms with Gasteiger partial charge in [-0.3, -0.25) is 0 Å². The van der Waals surface area contributed by atoms with E-state index < -0.39 is 0 Å². The first-order valence-corrected chi connectivity index (χ1v) is 5.84. The highest BCUT2D eigenvalue weighted by molar-refractivity contribution is 5.01. The molecule has 0 heterocycles. The van der Waals surface area contributed by atoms with Crippen LogP contribution in [-0.2, 0) is 0 Å². The third-order valence-corrected chi connectivity index (χ3v) is 3.21. The lowest BCUT2D eigenvalue weighted by Gasteiger charge is -2.30. The van der Waals surface area contributed by atoms with Crippen LogP contribution in [0.4, 0.5) is 0 Å². The molecule has 0 aromatic carbocycles. The molecule has 1 heteroatoms. The molecule has 0 bridgehead atoms. The maximum Gasteiger partial charge on any atom is 0.0466 e. The molecule has 0 amide bonds. The van der Waals surface area contributed by atoms with E-state index in [-0.39, 0.29) is 0 Å². The Kier molecular flexibility index (Phi) is 4.78. The van der Waals surface area contributed by atoms with Crippen molar-refractivity contribution in [2.24, 2.45) is 5.92 Å². The first kappa shape index (κ1) is 11.4. The first-order valence-electron chi connectivity index (χ1n) is 5.84. The maximum atomic E-state index is 4.00. The van der Waals surface area contributed by atoms with Gasteiger partial charge in [0.2, 0.25) is 0 Å². The van der Waals surface area contributed by atoms with E-state index in [0.717, 1.165) is 18.0 Å². The third-order valence-electron chi connectivity index (χ3n) is 3.21. The molecule has 1 aliphatic rings. The van der Waals surface area contributed by atoms with Gasteiger partial charge in [0.05, 0.1) is 0 Å². The highest BCUT2D eigenvalue weighted by Crippen LogP contribution is 2.27. The molecule has 1 aliphatic carbocycles. The number of rotatable bonds is 5. The maximum absolute atomic E-state index is 4.00. The van der Waals surface area contributed by atoms with Gasteiger partial charge in [0.25, 0.3) is 0 Å². The van der Waals surface area contributed by atoms with Crippen molar-refractivity contribution in [2.75, 3.05) is 0 Å². The van der Waals surface area contributed by atoms with Crippen molar-refractivity contribution < 1.29 is 0 Å². The summed E-state index contributed by atoms with van der Waals surface area (Å²) in [6.45, 7) is 10.1. The van der Waals surface area contributed by atoms with Crippen molar-refractivity contribution in [2.45, 2.75) is 51.5 Å². The molecule has 0 aromatic rings. The summed E-state index contributed by atoms with van der Waals surface area (Å²) >= 11 is 0. The van der Waals surface area contributed by atoms with Gasteiger partial charge < -0.3 is 5.32 Å². The van der Waals surface area contributed by atoms with Crippen LogP contribution >= 0.6 is 0 Å². The molecule has 1 atom stereocenters. The van der Waals surface area contributed by atoms with E-state index in [1.165, 1.54) is 32.1 Å². The zero-order valence-corrected chi connectivity index (χ0v) is 9.39. The summed E-state index contributed by atoms with van der Waals surface area (Å²) < 4.78 is 0. The summed E-state index contributed by atoms with van der Waals surface area (Å²) in [5.41, 5.74) is 1.14. The predicted octanol–water partition coefficient (Wildman–Crippen LogP) is 3.63. The molecule has 1 saturated carbocycles. The summed E-state index contributed by atoms with van der Waals surface area (Å²) in [5, 5.41) is 3.47. The van der Waals surface area contributed by atoms with Crippen molar-refractivity contribution in [1.29, 1.82) is 0 Å². The van der Waals surface area contributed by atoms with Crippen LogP contribution in [0, 0.1) is 5.92 Å². The average Bonchev–Trinajstić information content (AvgIpc) is 2.26. The van der Waals surface area contributed by atoms with Gasteiger partial charge in [0.1, 0.15) is 0 Å². The molecule has 1 rings (SSSR count). The molecule has 0 spiro atoms. The van der Waals surface area contributed by atoms with E-state index in [1.807, 2.05) is 0 Å². The fourth-order valence-corrected chi connectivity index (χ4v) is 2.20. The number of nitrogens with one attached hydrogen (secondary N) is 1. The molecule has 0 radical (unpaired) electrons. The van der Waals surface area contributed by atoms with E-state index >= 15 is 0 Å². The molecular formula is C13H23N. The largest absolute Gasteiger partial charge is 0.382 e. The Balaban J connectivity index is 2.43. The van der Waals surface area contributed by atoms with E-state index in [4.69, 9.17) is 0 Å². The van der Waals surface area contributed by atoms with Crippen LogP contribution in [0.15, 0.2) is 24.9 Å². The minimum atomic E-state index is 0.447. The van der Waals surface area contributed by atoms with Gasteiger partial charge in [-0.1, -0.05) is 38.8 Å². The van der Waals surface area contributed by atoms with E-state index in [1.54, 1.807) is 0 Å². The fraction of sp³-hybridized carbons (Fsp3) is 0.692. The summed E-state index contributed by atoms with van der Waals surface area (Å²) in [6, 6.07) is 0.447. The van der Waals surface area contributed by atoms with E-state index in [9.17, 15) is 0 Å². The molecule has 0 aliphatic heterocycles. The Hall–Kier alpha value is -0.720. The van der Waals surface area contributed by atoms with Gasteiger partial charge in [-0.05, 0) is 25.2 Å². The number of allylic oxidation sites excluding steroid dienone is 1. The Bertz CT molecular complexity index is 189. The second-order valence-electron chi connectivity index (χ2n) is 4.26. The predicted molar refractivity (Wildman–Crippen MR) is 63.1 cm³/mol. The topological polar surface area (TPSA) is 12.0 Å². The molecule has 14 heavy (non-hydrogen) atoms. The highest BCUT2D eigenvalue weighted by atomic mass is 14.9. The highest BCUT2D eigenvalue weighted by Gasteiger charge is 2.20. The minimum absolute atomic E-state index is 0.447. The van der Waals surface area contributed by atoms with Crippen LogP contribution < -0.4 is 5.32 Å². The van der Waals surface area contributed by atoms with Crippen LogP contribution in [0.1, 0.15) is 45.4 Å². The van der Waals surface area contributed by atoms with Crippen molar-refractivity contribution in [3.8, 4) is 0 Å². The standard InChI is InChI=1S/C13H23N/c1-4-11(3)14-13(5-2)12-9-7-6-8-10-12/h5,12-14H,2-4,6-10H2,1H3. The van der Waals surface area contributed by atoms with E-state index in [0.29, 0.717) is 6.04 Å². The van der Waals surface area contributed by atoms with Gasteiger partial charge in [-0.2, -0.15) is 0 Å². The first-order chi connectivity index (χ1) is 6.77. The van der Waals surface area contributed by atoms with Gasteiger partial charge >= 0.3 is 0 Å². The van der Waals surface area contributed by atoms with Crippen molar-refractivity contribution in [3.63, 3.8) is 0 Å².